The molecule has 14 heavy (non-hydrogen) atoms. The Morgan fingerprint density at radius 2 is 2.50 bits per heavy atom. The van der Waals surface area contributed by atoms with Crippen molar-refractivity contribution in [1.29, 1.82) is 0 Å². The molecule has 0 saturated heterocycles. The van der Waals surface area contributed by atoms with Crippen LogP contribution in [-0.2, 0) is 6.54 Å². The summed E-state index contributed by atoms with van der Waals surface area (Å²) in [5, 5.41) is 7.28. The second kappa shape index (κ2) is 3.39. The fourth-order valence-electron chi connectivity index (χ4n) is 2.73. The van der Waals surface area contributed by atoms with E-state index in [2.05, 4.69) is 10.5 Å². The van der Waals surface area contributed by atoms with E-state index in [1.54, 1.807) is 6.20 Å². The summed E-state index contributed by atoms with van der Waals surface area (Å²) in [6, 6.07) is 2.67. The highest BCUT2D eigenvalue weighted by molar-refractivity contribution is 5.00. The number of nitrogens with zero attached hydrogens (tertiary/aromatic N) is 1. The third-order valence-electron chi connectivity index (χ3n) is 3.61. The van der Waals surface area contributed by atoms with Crippen LogP contribution in [0.4, 0.5) is 0 Å². The SMILES string of the molecule is c1cc(CNC2CCC[C@@H]3C[C@H]23)on1. The zero-order chi connectivity index (χ0) is 9.38. The molecule has 0 radical (unpaired) electrons. The summed E-state index contributed by atoms with van der Waals surface area (Å²) in [4.78, 5) is 0. The Hall–Kier alpha value is -0.830. The molecule has 3 heteroatoms. The minimum atomic E-state index is 0.735. The van der Waals surface area contributed by atoms with Gasteiger partial charge in [-0.3, -0.25) is 0 Å². The van der Waals surface area contributed by atoms with Crippen LogP contribution in [0.25, 0.3) is 0 Å². The summed E-state index contributed by atoms with van der Waals surface area (Å²) in [6.45, 7) is 0.841. The number of aromatic nitrogens is 1. The lowest BCUT2D eigenvalue weighted by Gasteiger charge is -2.21. The Labute approximate surface area is 83.9 Å². The zero-order valence-corrected chi connectivity index (χ0v) is 8.28. The highest BCUT2D eigenvalue weighted by Gasteiger charge is 2.44. The van der Waals surface area contributed by atoms with Gasteiger partial charge in [-0.15, -0.1) is 0 Å². The van der Waals surface area contributed by atoms with Gasteiger partial charge in [-0.1, -0.05) is 18.0 Å². The molecule has 1 N–H and O–H groups in total. The van der Waals surface area contributed by atoms with Crippen molar-refractivity contribution in [1.82, 2.24) is 10.5 Å². The summed E-state index contributed by atoms with van der Waals surface area (Å²) in [6.07, 6.45) is 7.36. The average Bonchev–Trinajstić information content (AvgIpc) is 2.83. The Morgan fingerprint density at radius 3 is 3.36 bits per heavy atom. The first-order valence-electron chi connectivity index (χ1n) is 5.56. The number of rotatable bonds is 3. The van der Waals surface area contributed by atoms with Crippen molar-refractivity contribution in [2.75, 3.05) is 0 Å². The van der Waals surface area contributed by atoms with Crippen LogP contribution in [0.2, 0.25) is 0 Å². The largest absolute Gasteiger partial charge is 0.360 e. The lowest BCUT2D eigenvalue weighted by Crippen LogP contribution is -2.32. The smallest absolute Gasteiger partial charge is 0.150 e. The molecule has 1 unspecified atom stereocenters. The predicted molar refractivity (Wildman–Crippen MR) is 52.6 cm³/mol. The van der Waals surface area contributed by atoms with Crippen molar-refractivity contribution in [3.8, 4) is 0 Å². The summed E-state index contributed by atoms with van der Waals surface area (Å²) >= 11 is 0. The molecule has 1 aromatic rings. The first-order chi connectivity index (χ1) is 6.93. The van der Waals surface area contributed by atoms with E-state index in [0.29, 0.717) is 0 Å². The Kier molecular flexibility index (Phi) is 2.05. The van der Waals surface area contributed by atoms with Crippen molar-refractivity contribution in [2.45, 2.75) is 38.3 Å². The van der Waals surface area contributed by atoms with Crippen LogP contribution in [0.3, 0.4) is 0 Å². The lowest BCUT2D eigenvalue weighted by molar-refractivity contribution is 0.320. The van der Waals surface area contributed by atoms with E-state index in [9.17, 15) is 0 Å². The molecule has 3 nitrogen and oxygen atoms in total. The third kappa shape index (κ3) is 1.57. The van der Waals surface area contributed by atoms with Gasteiger partial charge in [-0.25, -0.2) is 0 Å². The van der Waals surface area contributed by atoms with E-state index in [1.807, 2.05) is 6.07 Å². The fourth-order valence-corrected chi connectivity index (χ4v) is 2.73. The summed E-state index contributed by atoms with van der Waals surface area (Å²) in [5.41, 5.74) is 0. The van der Waals surface area contributed by atoms with Gasteiger partial charge in [0.2, 0.25) is 0 Å². The van der Waals surface area contributed by atoms with Crippen LogP contribution in [0.1, 0.15) is 31.4 Å². The summed E-state index contributed by atoms with van der Waals surface area (Å²) in [7, 11) is 0. The van der Waals surface area contributed by atoms with Gasteiger partial charge >= 0.3 is 0 Å². The lowest BCUT2D eigenvalue weighted by atomic mass is 9.95. The van der Waals surface area contributed by atoms with E-state index in [-0.39, 0.29) is 0 Å². The first-order valence-corrected chi connectivity index (χ1v) is 5.56. The molecule has 3 rings (SSSR count). The van der Waals surface area contributed by atoms with E-state index >= 15 is 0 Å². The molecule has 0 aliphatic heterocycles. The molecule has 2 aliphatic carbocycles. The molecule has 76 valence electrons. The third-order valence-corrected chi connectivity index (χ3v) is 3.61. The molecule has 2 aliphatic rings. The van der Waals surface area contributed by atoms with E-state index in [4.69, 9.17) is 4.52 Å². The monoisotopic (exact) mass is 192 g/mol. The average molecular weight is 192 g/mol. The molecule has 1 heterocycles. The molecule has 0 bridgehead atoms. The van der Waals surface area contributed by atoms with Crippen LogP contribution in [0.15, 0.2) is 16.8 Å². The van der Waals surface area contributed by atoms with Gasteiger partial charge in [0.25, 0.3) is 0 Å². The van der Waals surface area contributed by atoms with Gasteiger partial charge in [-0.2, -0.15) is 0 Å². The van der Waals surface area contributed by atoms with Gasteiger partial charge < -0.3 is 9.84 Å². The first kappa shape index (κ1) is 8.48. The highest BCUT2D eigenvalue weighted by atomic mass is 16.5. The maximum Gasteiger partial charge on any atom is 0.150 e. The molecule has 3 atom stereocenters. The quantitative estimate of drug-likeness (QED) is 0.795. The van der Waals surface area contributed by atoms with Crippen molar-refractivity contribution in [2.24, 2.45) is 11.8 Å². The van der Waals surface area contributed by atoms with Gasteiger partial charge in [-0.05, 0) is 24.7 Å². The standard InChI is InChI=1S/C11H16N2O/c1-2-8-6-10(8)11(3-1)12-7-9-4-5-13-14-9/h4-5,8,10-12H,1-3,6-7H2/t8-,10+,11?/m1/s1. The molecule has 0 amide bonds. The minimum absolute atomic E-state index is 0.735. The zero-order valence-electron chi connectivity index (χ0n) is 8.28. The minimum Gasteiger partial charge on any atom is -0.360 e. The number of nitrogens with one attached hydrogen (secondary N) is 1. The van der Waals surface area contributed by atoms with Gasteiger partial charge in [0, 0.05) is 12.1 Å². The maximum atomic E-state index is 5.06. The van der Waals surface area contributed by atoms with Crippen LogP contribution < -0.4 is 5.32 Å². The van der Waals surface area contributed by atoms with Gasteiger partial charge in [0.1, 0.15) is 5.76 Å². The fraction of sp³-hybridized carbons (Fsp3) is 0.727. The maximum absolute atomic E-state index is 5.06. The Morgan fingerprint density at radius 1 is 1.50 bits per heavy atom. The second-order valence-electron chi connectivity index (χ2n) is 4.56. The van der Waals surface area contributed by atoms with E-state index < -0.39 is 0 Å². The summed E-state index contributed by atoms with van der Waals surface area (Å²) < 4.78 is 5.06. The molecular formula is C11H16N2O. The molecule has 2 fully saturated rings. The van der Waals surface area contributed by atoms with Crippen molar-refractivity contribution < 1.29 is 4.52 Å². The molecule has 2 saturated carbocycles. The molecule has 0 spiro atoms. The molecular weight excluding hydrogens is 176 g/mol. The topological polar surface area (TPSA) is 38.1 Å². The van der Waals surface area contributed by atoms with Gasteiger partial charge in [0.05, 0.1) is 12.7 Å². The summed E-state index contributed by atoms with van der Waals surface area (Å²) in [5.74, 6) is 2.95. The molecule has 0 aromatic carbocycles. The number of hydrogen-bond donors (Lipinski definition) is 1. The van der Waals surface area contributed by atoms with Crippen molar-refractivity contribution in [3.05, 3.63) is 18.0 Å². The highest BCUT2D eigenvalue weighted by Crippen LogP contribution is 2.49. The number of fused-ring (bicyclic) bond motifs is 1. The molecule has 1 aromatic heterocycles. The van der Waals surface area contributed by atoms with Gasteiger partial charge in [0.15, 0.2) is 0 Å². The predicted octanol–water partition coefficient (Wildman–Crippen LogP) is 1.95. The normalized spacial score (nSPS) is 35.3. The van der Waals surface area contributed by atoms with Crippen LogP contribution in [0, 0.1) is 11.8 Å². The van der Waals surface area contributed by atoms with Crippen LogP contribution in [0.5, 0.6) is 0 Å². The van der Waals surface area contributed by atoms with E-state index in [0.717, 1.165) is 30.2 Å². The van der Waals surface area contributed by atoms with Crippen molar-refractivity contribution in [3.63, 3.8) is 0 Å². The Bertz CT molecular complexity index is 296. The Balaban J connectivity index is 1.52. The van der Waals surface area contributed by atoms with Crippen LogP contribution >= 0.6 is 0 Å². The second-order valence-corrected chi connectivity index (χ2v) is 4.56. The number of hydrogen-bond acceptors (Lipinski definition) is 3. The van der Waals surface area contributed by atoms with Crippen molar-refractivity contribution >= 4 is 0 Å². The van der Waals surface area contributed by atoms with E-state index in [1.165, 1.54) is 25.7 Å². The van der Waals surface area contributed by atoms with Crippen LogP contribution in [-0.4, -0.2) is 11.2 Å².